The smallest absolute Gasteiger partial charge is 0.0557 e. The lowest BCUT2D eigenvalue weighted by atomic mass is 10.1. The summed E-state index contributed by atoms with van der Waals surface area (Å²) in [7, 11) is 0. The third-order valence-electron chi connectivity index (χ3n) is 3.32. The van der Waals surface area contributed by atoms with E-state index in [9.17, 15) is 5.11 Å². The van der Waals surface area contributed by atoms with Crippen LogP contribution in [0.2, 0.25) is 0 Å². The van der Waals surface area contributed by atoms with Crippen molar-refractivity contribution in [3.63, 3.8) is 0 Å². The molecule has 1 aromatic carbocycles. The highest BCUT2D eigenvalue weighted by Gasteiger charge is 2.15. The predicted molar refractivity (Wildman–Crippen MR) is 67.7 cm³/mol. The second-order valence-electron chi connectivity index (χ2n) is 4.61. The van der Waals surface area contributed by atoms with Crippen LogP contribution in [0, 0.1) is 6.92 Å². The van der Waals surface area contributed by atoms with E-state index in [-0.39, 0.29) is 6.10 Å². The largest absolute Gasteiger partial charge is 0.399 e. The number of aliphatic hydroxyl groups excluding tert-OH is 1. The molecule has 1 unspecified atom stereocenters. The molecule has 3 heteroatoms. The molecule has 0 spiro atoms. The first-order chi connectivity index (χ1) is 7.66. The fraction of sp³-hybridized carbons (Fsp3) is 0.538. The van der Waals surface area contributed by atoms with Crippen LogP contribution in [-0.2, 0) is 0 Å². The molecule has 1 fully saturated rings. The van der Waals surface area contributed by atoms with Gasteiger partial charge in [-0.2, -0.15) is 0 Å². The standard InChI is InChI=1S/C13H20N2O/c1-10-9-11(4-5-13(10)14)15-7-2-3-12(16)6-8-15/h4-5,9,12,16H,2-3,6-8,14H2,1H3. The van der Waals surface area contributed by atoms with Gasteiger partial charge in [0.05, 0.1) is 6.10 Å². The maximum absolute atomic E-state index is 9.61. The van der Waals surface area contributed by atoms with E-state index in [2.05, 4.69) is 17.0 Å². The van der Waals surface area contributed by atoms with Gasteiger partial charge in [-0.1, -0.05) is 0 Å². The number of nitrogens with two attached hydrogens (primary N) is 1. The summed E-state index contributed by atoms with van der Waals surface area (Å²) in [6, 6.07) is 6.17. The van der Waals surface area contributed by atoms with Crippen molar-refractivity contribution < 1.29 is 5.11 Å². The molecule has 0 saturated carbocycles. The van der Waals surface area contributed by atoms with Crippen LogP contribution in [0.15, 0.2) is 18.2 Å². The van der Waals surface area contributed by atoms with Crippen molar-refractivity contribution in [2.45, 2.75) is 32.3 Å². The lowest BCUT2D eigenvalue weighted by Crippen LogP contribution is -2.24. The zero-order valence-electron chi connectivity index (χ0n) is 9.82. The number of benzene rings is 1. The van der Waals surface area contributed by atoms with Crippen LogP contribution in [-0.4, -0.2) is 24.3 Å². The van der Waals surface area contributed by atoms with Gasteiger partial charge in [-0.05, 0) is 49.9 Å². The monoisotopic (exact) mass is 220 g/mol. The molecule has 0 bridgehead atoms. The molecule has 1 aliphatic rings. The van der Waals surface area contributed by atoms with E-state index in [0.29, 0.717) is 0 Å². The third-order valence-corrected chi connectivity index (χ3v) is 3.32. The third kappa shape index (κ3) is 2.47. The van der Waals surface area contributed by atoms with E-state index in [4.69, 9.17) is 5.73 Å². The molecule has 1 atom stereocenters. The minimum absolute atomic E-state index is 0.125. The molecule has 0 amide bonds. The Morgan fingerprint density at radius 2 is 2.12 bits per heavy atom. The van der Waals surface area contributed by atoms with Crippen LogP contribution >= 0.6 is 0 Å². The van der Waals surface area contributed by atoms with E-state index in [1.807, 2.05) is 13.0 Å². The van der Waals surface area contributed by atoms with Gasteiger partial charge in [-0.25, -0.2) is 0 Å². The van der Waals surface area contributed by atoms with Crippen molar-refractivity contribution in [2.75, 3.05) is 23.7 Å². The first-order valence-corrected chi connectivity index (χ1v) is 5.96. The summed E-state index contributed by atoms with van der Waals surface area (Å²) < 4.78 is 0. The van der Waals surface area contributed by atoms with Crippen LogP contribution in [0.1, 0.15) is 24.8 Å². The lowest BCUT2D eigenvalue weighted by molar-refractivity contribution is 0.161. The van der Waals surface area contributed by atoms with Crippen molar-refractivity contribution >= 4 is 11.4 Å². The molecule has 1 heterocycles. The predicted octanol–water partition coefficient (Wildman–Crippen LogP) is 1.93. The van der Waals surface area contributed by atoms with Gasteiger partial charge >= 0.3 is 0 Å². The molecular weight excluding hydrogens is 200 g/mol. The minimum Gasteiger partial charge on any atom is -0.399 e. The number of aliphatic hydroxyl groups is 1. The van der Waals surface area contributed by atoms with Gasteiger partial charge in [-0.15, -0.1) is 0 Å². The molecule has 0 aliphatic carbocycles. The van der Waals surface area contributed by atoms with Crippen LogP contribution in [0.4, 0.5) is 11.4 Å². The van der Waals surface area contributed by atoms with Crippen molar-refractivity contribution in [3.05, 3.63) is 23.8 Å². The highest BCUT2D eigenvalue weighted by atomic mass is 16.3. The Hall–Kier alpha value is -1.22. The minimum atomic E-state index is -0.125. The Morgan fingerprint density at radius 3 is 2.88 bits per heavy atom. The average molecular weight is 220 g/mol. The van der Waals surface area contributed by atoms with Gasteiger partial charge in [0.25, 0.3) is 0 Å². The highest BCUT2D eigenvalue weighted by molar-refractivity contribution is 5.58. The molecule has 88 valence electrons. The van der Waals surface area contributed by atoms with Crippen molar-refractivity contribution in [2.24, 2.45) is 0 Å². The molecule has 1 aliphatic heterocycles. The summed E-state index contributed by atoms with van der Waals surface area (Å²) in [6.07, 6.45) is 2.72. The summed E-state index contributed by atoms with van der Waals surface area (Å²) in [5, 5.41) is 9.61. The number of aryl methyl sites for hydroxylation is 1. The van der Waals surface area contributed by atoms with Crippen molar-refractivity contribution in [3.8, 4) is 0 Å². The first kappa shape index (κ1) is 11.3. The SMILES string of the molecule is Cc1cc(N2CCCC(O)CC2)ccc1N. The average Bonchev–Trinajstić information content (AvgIpc) is 2.47. The van der Waals surface area contributed by atoms with Crippen molar-refractivity contribution in [1.82, 2.24) is 0 Å². The van der Waals surface area contributed by atoms with Crippen molar-refractivity contribution in [1.29, 1.82) is 0 Å². The van der Waals surface area contributed by atoms with Gasteiger partial charge in [0.2, 0.25) is 0 Å². The van der Waals surface area contributed by atoms with Crippen LogP contribution in [0.5, 0.6) is 0 Å². The number of anilines is 2. The van der Waals surface area contributed by atoms with E-state index in [1.165, 1.54) is 5.69 Å². The molecule has 1 saturated heterocycles. The van der Waals surface area contributed by atoms with Gasteiger partial charge in [-0.3, -0.25) is 0 Å². The Kier molecular flexibility index (Phi) is 3.34. The van der Waals surface area contributed by atoms with Gasteiger partial charge in [0, 0.05) is 24.5 Å². The van der Waals surface area contributed by atoms with Gasteiger partial charge in [0.1, 0.15) is 0 Å². The topological polar surface area (TPSA) is 49.5 Å². The van der Waals surface area contributed by atoms with Gasteiger partial charge in [0.15, 0.2) is 0 Å². The number of hydrogen-bond acceptors (Lipinski definition) is 3. The fourth-order valence-corrected chi connectivity index (χ4v) is 2.19. The zero-order chi connectivity index (χ0) is 11.5. The molecule has 3 N–H and O–H groups in total. The summed E-state index contributed by atoms with van der Waals surface area (Å²) in [6.45, 7) is 4.00. The van der Waals surface area contributed by atoms with Crippen LogP contribution < -0.4 is 10.6 Å². The quantitative estimate of drug-likeness (QED) is 0.711. The Balaban J connectivity index is 2.13. The van der Waals surface area contributed by atoms with E-state index in [1.54, 1.807) is 0 Å². The van der Waals surface area contributed by atoms with Crippen LogP contribution in [0.3, 0.4) is 0 Å². The molecule has 2 rings (SSSR count). The zero-order valence-corrected chi connectivity index (χ0v) is 9.82. The Bertz CT molecular complexity index is 365. The number of rotatable bonds is 1. The maximum atomic E-state index is 9.61. The van der Waals surface area contributed by atoms with E-state index < -0.39 is 0 Å². The molecule has 3 nitrogen and oxygen atoms in total. The lowest BCUT2D eigenvalue weighted by Gasteiger charge is -2.23. The summed E-state index contributed by atoms with van der Waals surface area (Å²) in [5.74, 6) is 0. The van der Waals surface area contributed by atoms with E-state index in [0.717, 1.165) is 43.6 Å². The van der Waals surface area contributed by atoms with E-state index >= 15 is 0 Å². The summed E-state index contributed by atoms with van der Waals surface area (Å²) >= 11 is 0. The first-order valence-electron chi connectivity index (χ1n) is 5.96. The summed E-state index contributed by atoms with van der Waals surface area (Å²) in [5.41, 5.74) is 9.01. The molecule has 16 heavy (non-hydrogen) atoms. The van der Waals surface area contributed by atoms with Crippen LogP contribution in [0.25, 0.3) is 0 Å². The molecule has 1 aromatic rings. The van der Waals surface area contributed by atoms with Gasteiger partial charge < -0.3 is 15.7 Å². The number of nitrogen functional groups attached to an aromatic ring is 1. The normalized spacial score (nSPS) is 21.9. The maximum Gasteiger partial charge on any atom is 0.0557 e. The molecule has 0 aromatic heterocycles. The fourth-order valence-electron chi connectivity index (χ4n) is 2.19. The second-order valence-corrected chi connectivity index (χ2v) is 4.61. The number of hydrogen-bond donors (Lipinski definition) is 2. The molecule has 0 radical (unpaired) electrons. The second kappa shape index (κ2) is 4.74. The highest BCUT2D eigenvalue weighted by Crippen LogP contribution is 2.23. The summed E-state index contributed by atoms with van der Waals surface area (Å²) in [4.78, 5) is 2.34. The Morgan fingerprint density at radius 1 is 1.31 bits per heavy atom. The molecular formula is C13H20N2O. The number of nitrogens with zero attached hydrogens (tertiary/aromatic N) is 1. The Labute approximate surface area is 96.9 Å².